The summed E-state index contributed by atoms with van der Waals surface area (Å²) < 4.78 is 1.45. The van der Waals surface area contributed by atoms with E-state index in [2.05, 4.69) is 60.0 Å². The van der Waals surface area contributed by atoms with E-state index in [9.17, 15) is 0 Å². The Bertz CT molecular complexity index is 358. The number of rotatable bonds is 5. The van der Waals surface area contributed by atoms with Gasteiger partial charge in [-0.3, -0.25) is 0 Å². The van der Waals surface area contributed by atoms with E-state index in [1.54, 1.807) is 0 Å². The summed E-state index contributed by atoms with van der Waals surface area (Å²) in [7, 11) is 0. The second kappa shape index (κ2) is 5.50. The zero-order valence-corrected chi connectivity index (χ0v) is 12.3. The molecule has 16 heavy (non-hydrogen) atoms. The molecule has 1 saturated carbocycles. The Kier molecular flexibility index (Phi) is 4.25. The highest BCUT2D eigenvalue weighted by molar-refractivity contribution is 14.1. The molecule has 2 heteroatoms. The van der Waals surface area contributed by atoms with Crippen LogP contribution in [0, 0.1) is 16.4 Å². The van der Waals surface area contributed by atoms with Crippen LogP contribution in [0.3, 0.4) is 0 Å². The predicted molar refractivity (Wildman–Crippen MR) is 77.7 cm³/mol. The second-order valence-electron chi connectivity index (χ2n) is 4.75. The summed E-state index contributed by atoms with van der Waals surface area (Å²) >= 11 is 2.49. The minimum Gasteiger partial charge on any atom is -0.310 e. The molecule has 0 saturated heterocycles. The van der Waals surface area contributed by atoms with Crippen LogP contribution in [0.1, 0.15) is 43.4 Å². The molecule has 0 radical (unpaired) electrons. The van der Waals surface area contributed by atoms with Gasteiger partial charge in [-0.2, -0.15) is 0 Å². The third kappa shape index (κ3) is 2.77. The first kappa shape index (κ1) is 12.4. The molecule has 0 spiro atoms. The third-order valence-electron chi connectivity index (χ3n) is 3.26. The summed E-state index contributed by atoms with van der Waals surface area (Å²) in [6.45, 7) is 5.57. The Balaban J connectivity index is 2.20. The number of halogens is 1. The Morgan fingerprint density at radius 3 is 2.81 bits per heavy atom. The number of nitrogens with one attached hydrogen (secondary N) is 1. The summed E-state index contributed by atoms with van der Waals surface area (Å²) in [4.78, 5) is 0. The van der Waals surface area contributed by atoms with E-state index < -0.39 is 0 Å². The summed E-state index contributed by atoms with van der Waals surface area (Å²) in [5.41, 5.74) is 2.92. The van der Waals surface area contributed by atoms with Crippen molar-refractivity contribution < 1.29 is 0 Å². The third-order valence-corrected chi connectivity index (χ3v) is 4.74. The first-order valence-electron chi connectivity index (χ1n) is 6.22. The van der Waals surface area contributed by atoms with Gasteiger partial charge in [0.1, 0.15) is 0 Å². The van der Waals surface area contributed by atoms with Gasteiger partial charge in [0.25, 0.3) is 0 Å². The van der Waals surface area contributed by atoms with Crippen LogP contribution >= 0.6 is 22.6 Å². The lowest BCUT2D eigenvalue weighted by Crippen LogP contribution is -2.24. The van der Waals surface area contributed by atoms with Crippen molar-refractivity contribution >= 4 is 22.6 Å². The fourth-order valence-corrected chi connectivity index (χ4v) is 2.87. The first-order valence-corrected chi connectivity index (χ1v) is 7.30. The quantitative estimate of drug-likeness (QED) is 0.804. The van der Waals surface area contributed by atoms with E-state index in [1.165, 1.54) is 34.0 Å². The van der Waals surface area contributed by atoms with Crippen LogP contribution in [0.15, 0.2) is 18.2 Å². The average molecular weight is 329 g/mol. The lowest BCUT2D eigenvalue weighted by Gasteiger charge is -2.20. The predicted octanol–water partition coefficient (Wildman–Crippen LogP) is 4.05. The molecule has 1 nitrogen and oxygen atoms in total. The highest BCUT2D eigenvalue weighted by atomic mass is 127. The van der Waals surface area contributed by atoms with Crippen LogP contribution in [0.2, 0.25) is 0 Å². The number of benzene rings is 1. The van der Waals surface area contributed by atoms with Crippen LogP contribution in [-0.2, 0) is 0 Å². The minimum atomic E-state index is 0.590. The van der Waals surface area contributed by atoms with Crippen molar-refractivity contribution in [1.82, 2.24) is 5.32 Å². The Hall–Kier alpha value is -0.0900. The highest BCUT2D eigenvalue weighted by Gasteiger charge is 2.32. The number of hydrogen-bond donors (Lipinski definition) is 1. The maximum atomic E-state index is 3.71. The Labute approximate surface area is 112 Å². The van der Waals surface area contributed by atoms with Gasteiger partial charge in [0.05, 0.1) is 0 Å². The van der Waals surface area contributed by atoms with Gasteiger partial charge in [0.2, 0.25) is 0 Å². The molecule has 0 heterocycles. The van der Waals surface area contributed by atoms with Crippen LogP contribution < -0.4 is 5.32 Å². The first-order chi connectivity index (χ1) is 7.74. The fourth-order valence-electron chi connectivity index (χ4n) is 2.17. The maximum Gasteiger partial charge on any atom is 0.0359 e. The molecule has 2 rings (SSSR count). The van der Waals surface area contributed by atoms with Crippen LogP contribution in [0.25, 0.3) is 0 Å². The van der Waals surface area contributed by atoms with Crippen LogP contribution in [0.4, 0.5) is 0 Å². The van der Waals surface area contributed by atoms with E-state index in [-0.39, 0.29) is 0 Å². The molecule has 0 bridgehead atoms. The topological polar surface area (TPSA) is 12.0 Å². The molecule has 1 aliphatic carbocycles. The fraction of sp³-hybridized carbons (Fsp3) is 0.571. The normalized spacial score (nSPS) is 17.4. The van der Waals surface area contributed by atoms with Gasteiger partial charge in [-0.15, -0.1) is 0 Å². The summed E-state index contributed by atoms with van der Waals surface area (Å²) in [5, 5.41) is 3.71. The van der Waals surface area contributed by atoms with Crippen molar-refractivity contribution in [3.05, 3.63) is 32.9 Å². The SMILES string of the molecule is CCCNC(c1cccc(C)c1I)C1CC1. The molecule has 1 unspecified atom stereocenters. The van der Waals surface area contributed by atoms with Crippen LogP contribution in [-0.4, -0.2) is 6.54 Å². The molecule has 1 aromatic carbocycles. The molecule has 1 aliphatic rings. The Morgan fingerprint density at radius 2 is 2.19 bits per heavy atom. The van der Waals surface area contributed by atoms with Gasteiger partial charge in [-0.1, -0.05) is 25.1 Å². The van der Waals surface area contributed by atoms with E-state index >= 15 is 0 Å². The average Bonchev–Trinajstić information content (AvgIpc) is 3.08. The van der Waals surface area contributed by atoms with Crippen molar-refractivity contribution in [1.29, 1.82) is 0 Å². The van der Waals surface area contributed by atoms with Crippen molar-refractivity contribution in [2.45, 2.75) is 39.2 Å². The van der Waals surface area contributed by atoms with Crippen molar-refractivity contribution in [3.8, 4) is 0 Å². The standard InChI is InChI=1S/C14H20IN/c1-3-9-16-14(11-7-8-11)12-6-4-5-10(2)13(12)15/h4-6,11,14,16H,3,7-9H2,1-2H3. The largest absolute Gasteiger partial charge is 0.310 e. The van der Waals surface area contributed by atoms with Gasteiger partial charge in [0.15, 0.2) is 0 Å². The number of hydrogen-bond acceptors (Lipinski definition) is 1. The maximum absolute atomic E-state index is 3.71. The molecule has 88 valence electrons. The zero-order valence-electron chi connectivity index (χ0n) is 10.1. The van der Waals surface area contributed by atoms with Crippen LogP contribution in [0.5, 0.6) is 0 Å². The molecular weight excluding hydrogens is 309 g/mol. The molecule has 0 aromatic heterocycles. The van der Waals surface area contributed by atoms with E-state index in [4.69, 9.17) is 0 Å². The summed E-state index contributed by atoms with van der Waals surface area (Å²) in [6, 6.07) is 7.28. The molecule has 1 atom stereocenters. The second-order valence-corrected chi connectivity index (χ2v) is 5.83. The lowest BCUT2D eigenvalue weighted by molar-refractivity contribution is 0.479. The zero-order chi connectivity index (χ0) is 11.5. The van der Waals surface area contributed by atoms with Gasteiger partial charge >= 0.3 is 0 Å². The summed E-state index contributed by atoms with van der Waals surface area (Å²) in [6.07, 6.45) is 4.00. The van der Waals surface area contributed by atoms with Gasteiger partial charge < -0.3 is 5.32 Å². The molecular formula is C14H20IN. The molecule has 1 aromatic rings. The van der Waals surface area contributed by atoms with E-state index in [0.717, 1.165) is 12.5 Å². The van der Waals surface area contributed by atoms with Crippen molar-refractivity contribution in [2.24, 2.45) is 5.92 Å². The molecule has 1 fully saturated rings. The highest BCUT2D eigenvalue weighted by Crippen LogP contribution is 2.42. The lowest BCUT2D eigenvalue weighted by atomic mass is 10.0. The number of aryl methyl sites for hydroxylation is 1. The molecule has 1 N–H and O–H groups in total. The summed E-state index contributed by atoms with van der Waals surface area (Å²) in [5.74, 6) is 0.877. The Morgan fingerprint density at radius 1 is 1.44 bits per heavy atom. The van der Waals surface area contributed by atoms with Gasteiger partial charge in [-0.25, -0.2) is 0 Å². The smallest absolute Gasteiger partial charge is 0.0359 e. The van der Waals surface area contributed by atoms with Gasteiger partial charge in [0, 0.05) is 9.61 Å². The molecule has 0 amide bonds. The monoisotopic (exact) mass is 329 g/mol. The molecule has 0 aliphatic heterocycles. The van der Waals surface area contributed by atoms with E-state index in [1.807, 2.05) is 0 Å². The van der Waals surface area contributed by atoms with Gasteiger partial charge in [-0.05, 0) is 72.4 Å². The van der Waals surface area contributed by atoms with Crippen molar-refractivity contribution in [3.63, 3.8) is 0 Å². The minimum absolute atomic E-state index is 0.590. The van der Waals surface area contributed by atoms with Crippen molar-refractivity contribution in [2.75, 3.05) is 6.54 Å². The van der Waals surface area contributed by atoms with E-state index in [0.29, 0.717) is 6.04 Å².